The lowest BCUT2D eigenvalue weighted by atomic mass is 9.85. The molecule has 2 unspecified atom stereocenters. The maximum Gasteiger partial charge on any atom is 0.243 e. The summed E-state index contributed by atoms with van der Waals surface area (Å²) in [4.78, 5) is -0.654. The number of benzene rings is 1. The molecule has 0 aliphatic heterocycles. The molecule has 0 spiro atoms. The highest BCUT2D eigenvalue weighted by Gasteiger charge is 2.30. The lowest BCUT2D eigenvalue weighted by molar-refractivity contribution is 0.296. The zero-order valence-corrected chi connectivity index (χ0v) is 13.0. The van der Waals surface area contributed by atoms with Crippen molar-refractivity contribution < 1.29 is 17.2 Å². The fraction of sp³-hybridized carbons (Fsp3) is 0.538. The predicted molar refractivity (Wildman–Crippen MR) is 78.7 cm³/mol. The van der Waals surface area contributed by atoms with Crippen LogP contribution in [0.5, 0.6) is 0 Å². The van der Waals surface area contributed by atoms with Crippen LogP contribution < -0.4 is 10.5 Å². The maximum absolute atomic E-state index is 13.6. The van der Waals surface area contributed by atoms with E-state index in [9.17, 15) is 17.2 Å². The number of sulfonamides is 1. The molecule has 3 N–H and O–H groups in total. The van der Waals surface area contributed by atoms with E-state index in [4.69, 9.17) is 5.73 Å². The SMILES string of the molecule is Cl.NCC1CCCCC1NS(=O)(=O)c1cc(F)ccc1F. The van der Waals surface area contributed by atoms with Gasteiger partial charge in [0.05, 0.1) is 0 Å². The van der Waals surface area contributed by atoms with E-state index in [2.05, 4.69) is 4.72 Å². The Kier molecular flexibility index (Phi) is 6.52. The first kappa shape index (κ1) is 18.3. The summed E-state index contributed by atoms with van der Waals surface area (Å²) < 4.78 is 53.5. The second kappa shape index (κ2) is 7.49. The molecule has 1 aromatic rings. The van der Waals surface area contributed by atoms with Gasteiger partial charge >= 0.3 is 0 Å². The highest BCUT2D eigenvalue weighted by atomic mass is 35.5. The number of hydrogen-bond acceptors (Lipinski definition) is 3. The minimum atomic E-state index is -4.08. The van der Waals surface area contributed by atoms with Crippen molar-refractivity contribution in [1.29, 1.82) is 0 Å². The van der Waals surface area contributed by atoms with Crippen molar-refractivity contribution in [2.75, 3.05) is 6.54 Å². The molecule has 21 heavy (non-hydrogen) atoms. The Morgan fingerprint density at radius 3 is 2.57 bits per heavy atom. The zero-order chi connectivity index (χ0) is 14.8. The largest absolute Gasteiger partial charge is 0.330 e. The molecule has 1 aromatic carbocycles. The minimum absolute atomic E-state index is 0. The van der Waals surface area contributed by atoms with Crippen LogP contribution in [-0.4, -0.2) is 21.0 Å². The molecule has 2 rings (SSSR count). The average Bonchev–Trinajstić information content (AvgIpc) is 2.41. The van der Waals surface area contributed by atoms with Gasteiger partial charge in [0.1, 0.15) is 16.5 Å². The van der Waals surface area contributed by atoms with Gasteiger partial charge < -0.3 is 5.73 Å². The summed E-state index contributed by atoms with van der Waals surface area (Å²) in [5.41, 5.74) is 5.64. The molecule has 0 heterocycles. The first-order chi connectivity index (χ1) is 9.44. The third kappa shape index (κ3) is 4.35. The molecule has 0 radical (unpaired) electrons. The monoisotopic (exact) mass is 340 g/mol. The van der Waals surface area contributed by atoms with Crippen LogP contribution in [-0.2, 0) is 10.0 Å². The molecule has 120 valence electrons. The van der Waals surface area contributed by atoms with E-state index >= 15 is 0 Å². The molecule has 1 saturated carbocycles. The van der Waals surface area contributed by atoms with Gasteiger partial charge in [-0.25, -0.2) is 21.9 Å². The second-order valence-electron chi connectivity index (χ2n) is 5.08. The van der Waals surface area contributed by atoms with E-state index in [-0.39, 0.29) is 24.4 Å². The zero-order valence-electron chi connectivity index (χ0n) is 11.4. The standard InChI is InChI=1S/C13H18F2N2O2S.ClH/c14-10-5-6-11(15)13(7-10)20(18,19)17-12-4-2-1-3-9(12)8-16;/h5-7,9,12,17H,1-4,8,16H2;1H. The summed E-state index contributed by atoms with van der Waals surface area (Å²) in [6, 6.07) is 2.07. The van der Waals surface area contributed by atoms with Crippen LogP contribution in [0.3, 0.4) is 0 Å². The first-order valence-corrected chi connectivity index (χ1v) is 8.10. The fourth-order valence-electron chi connectivity index (χ4n) is 2.59. The first-order valence-electron chi connectivity index (χ1n) is 6.61. The Morgan fingerprint density at radius 2 is 1.90 bits per heavy atom. The second-order valence-corrected chi connectivity index (χ2v) is 6.77. The smallest absolute Gasteiger partial charge is 0.243 e. The molecule has 1 aliphatic rings. The highest BCUT2D eigenvalue weighted by Crippen LogP contribution is 2.25. The molecule has 0 amide bonds. The molecule has 0 saturated heterocycles. The molecule has 1 aliphatic carbocycles. The molecular weight excluding hydrogens is 322 g/mol. The Balaban J connectivity index is 0.00000220. The summed E-state index contributed by atoms with van der Waals surface area (Å²) in [5.74, 6) is -1.71. The molecular formula is C13H19ClF2N2O2S. The van der Waals surface area contributed by atoms with Gasteiger partial charge in [-0.15, -0.1) is 12.4 Å². The Hall–Kier alpha value is -0.760. The number of rotatable bonds is 4. The van der Waals surface area contributed by atoms with Crippen LogP contribution in [0.25, 0.3) is 0 Å². The number of halogens is 3. The van der Waals surface area contributed by atoms with Gasteiger partial charge in [0.25, 0.3) is 0 Å². The molecule has 4 nitrogen and oxygen atoms in total. The van der Waals surface area contributed by atoms with Gasteiger partial charge in [-0.1, -0.05) is 12.8 Å². The van der Waals surface area contributed by atoms with Gasteiger partial charge in [0.2, 0.25) is 10.0 Å². The van der Waals surface area contributed by atoms with Crippen LogP contribution in [0.1, 0.15) is 25.7 Å². The lowest BCUT2D eigenvalue weighted by Crippen LogP contribution is -2.44. The van der Waals surface area contributed by atoms with Crippen molar-refractivity contribution in [1.82, 2.24) is 4.72 Å². The van der Waals surface area contributed by atoms with Crippen molar-refractivity contribution in [3.8, 4) is 0 Å². The Morgan fingerprint density at radius 1 is 1.24 bits per heavy atom. The van der Waals surface area contributed by atoms with E-state index in [1.807, 2.05) is 0 Å². The van der Waals surface area contributed by atoms with E-state index in [0.717, 1.165) is 31.4 Å². The topological polar surface area (TPSA) is 72.2 Å². The number of nitrogens with two attached hydrogens (primary N) is 1. The minimum Gasteiger partial charge on any atom is -0.330 e. The van der Waals surface area contributed by atoms with Crippen LogP contribution in [0.2, 0.25) is 0 Å². The van der Waals surface area contributed by atoms with E-state index in [0.29, 0.717) is 19.0 Å². The molecule has 0 bridgehead atoms. The quantitative estimate of drug-likeness (QED) is 0.882. The third-order valence-electron chi connectivity index (χ3n) is 3.70. The van der Waals surface area contributed by atoms with Gasteiger partial charge in [-0.2, -0.15) is 0 Å². The van der Waals surface area contributed by atoms with Crippen molar-refractivity contribution in [2.24, 2.45) is 11.7 Å². The van der Waals surface area contributed by atoms with Crippen LogP contribution >= 0.6 is 12.4 Å². The molecule has 8 heteroatoms. The lowest BCUT2D eigenvalue weighted by Gasteiger charge is -2.31. The molecule has 2 atom stereocenters. The normalized spacial score (nSPS) is 22.6. The fourth-order valence-corrected chi connectivity index (χ4v) is 4.02. The van der Waals surface area contributed by atoms with E-state index in [1.165, 1.54) is 0 Å². The summed E-state index contributed by atoms with van der Waals surface area (Å²) in [6.07, 6.45) is 3.41. The van der Waals surface area contributed by atoms with Crippen LogP contribution in [0, 0.1) is 17.6 Å². The summed E-state index contributed by atoms with van der Waals surface area (Å²) in [6.45, 7) is 0.374. The highest BCUT2D eigenvalue weighted by molar-refractivity contribution is 7.89. The van der Waals surface area contributed by atoms with Crippen molar-refractivity contribution in [3.05, 3.63) is 29.8 Å². The molecule has 1 fully saturated rings. The predicted octanol–water partition coefficient (Wildman–Crippen LogP) is 2.18. The van der Waals surface area contributed by atoms with Gasteiger partial charge in [0, 0.05) is 6.04 Å². The van der Waals surface area contributed by atoms with Crippen LogP contribution in [0.15, 0.2) is 23.1 Å². The average molecular weight is 341 g/mol. The van der Waals surface area contributed by atoms with Crippen LogP contribution in [0.4, 0.5) is 8.78 Å². The van der Waals surface area contributed by atoms with E-state index in [1.54, 1.807) is 0 Å². The van der Waals surface area contributed by atoms with Gasteiger partial charge in [-0.3, -0.25) is 0 Å². The van der Waals surface area contributed by atoms with Crippen molar-refractivity contribution in [3.63, 3.8) is 0 Å². The number of hydrogen-bond donors (Lipinski definition) is 2. The van der Waals surface area contributed by atoms with Crippen molar-refractivity contribution in [2.45, 2.75) is 36.6 Å². The molecule has 0 aromatic heterocycles. The van der Waals surface area contributed by atoms with Crippen molar-refractivity contribution >= 4 is 22.4 Å². The number of nitrogens with one attached hydrogen (secondary N) is 1. The summed E-state index contributed by atoms with van der Waals surface area (Å²) in [5, 5.41) is 0. The third-order valence-corrected chi connectivity index (χ3v) is 5.21. The summed E-state index contributed by atoms with van der Waals surface area (Å²) >= 11 is 0. The van der Waals surface area contributed by atoms with Gasteiger partial charge in [0.15, 0.2) is 0 Å². The Bertz CT molecular complexity index is 584. The van der Waals surface area contributed by atoms with Gasteiger partial charge in [-0.05, 0) is 43.5 Å². The summed E-state index contributed by atoms with van der Waals surface area (Å²) in [7, 11) is -4.08. The maximum atomic E-state index is 13.6. The van der Waals surface area contributed by atoms with E-state index < -0.39 is 26.6 Å². The Labute approximate surface area is 129 Å².